The van der Waals surface area contributed by atoms with Crippen molar-refractivity contribution < 1.29 is 12.8 Å². The molecule has 21 heavy (non-hydrogen) atoms. The van der Waals surface area contributed by atoms with Crippen LogP contribution in [0.3, 0.4) is 0 Å². The molecule has 3 N–H and O–H groups in total. The molecule has 0 amide bonds. The van der Waals surface area contributed by atoms with Gasteiger partial charge in [-0.3, -0.25) is 4.72 Å². The number of hydrogen-bond acceptors (Lipinski definition) is 4. The molecule has 0 aromatic heterocycles. The number of nitrogens with zero attached hydrogens (tertiary/aromatic N) is 1. The standard InChI is InChI=1S/C13H9ClFN3O2S/c14-9-3-1-5-11(17)13(9)18-21(19,20)12-6-2-4-10(15)8(12)7-16/h1-6,18H,17H2. The number of hydrogen-bond donors (Lipinski definition) is 2. The Kier molecular flexibility index (Phi) is 4.02. The predicted octanol–water partition coefficient (Wildman–Crippen LogP) is 2.73. The SMILES string of the molecule is N#Cc1c(F)cccc1S(=O)(=O)Nc1c(N)cccc1Cl. The van der Waals surface area contributed by atoms with Crippen molar-refractivity contribution in [2.45, 2.75) is 4.90 Å². The van der Waals surface area contributed by atoms with E-state index in [-0.39, 0.29) is 16.4 Å². The van der Waals surface area contributed by atoms with Gasteiger partial charge in [-0.1, -0.05) is 23.7 Å². The van der Waals surface area contributed by atoms with Gasteiger partial charge in [-0.05, 0) is 24.3 Å². The minimum atomic E-state index is -4.20. The van der Waals surface area contributed by atoms with Crippen molar-refractivity contribution in [3.05, 3.63) is 52.8 Å². The molecule has 2 aromatic rings. The van der Waals surface area contributed by atoms with E-state index in [2.05, 4.69) is 4.72 Å². The summed E-state index contributed by atoms with van der Waals surface area (Å²) in [7, 11) is -4.20. The van der Waals surface area contributed by atoms with Gasteiger partial charge >= 0.3 is 0 Å². The molecule has 0 heterocycles. The Morgan fingerprint density at radius 3 is 2.52 bits per heavy atom. The zero-order valence-electron chi connectivity index (χ0n) is 10.5. The number of nitriles is 1. The zero-order chi connectivity index (χ0) is 15.6. The average Bonchev–Trinajstić information content (AvgIpc) is 2.43. The van der Waals surface area contributed by atoms with Crippen LogP contribution >= 0.6 is 11.6 Å². The maximum Gasteiger partial charge on any atom is 0.263 e. The highest BCUT2D eigenvalue weighted by atomic mass is 35.5. The second-order valence-electron chi connectivity index (χ2n) is 4.03. The van der Waals surface area contributed by atoms with Gasteiger partial charge in [-0.15, -0.1) is 0 Å². The van der Waals surface area contributed by atoms with Crippen molar-refractivity contribution in [2.75, 3.05) is 10.5 Å². The topological polar surface area (TPSA) is 96.0 Å². The first kappa shape index (κ1) is 15.1. The number of nitrogen functional groups attached to an aromatic ring is 1. The molecule has 0 unspecified atom stereocenters. The van der Waals surface area contributed by atoms with Crippen molar-refractivity contribution in [2.24, 2.45) is 0 Å². The minimum Gasteiger partial charge on any atom is -0.397 e. The van der Waals surface area contributed by atoms with E-state index in [9.17, 15) is 12.8 Å². The molecule has 0 bridgehead atoms. The molecule has 0 aliphatic carbocycles. The lowest BCUT2D eigenvalue weighted by molar-refractivity contribution is 0.593. The highest BCUT2D eigenvalue weighted by Crippen LogP contribution is 2.31. The van der Waals surface area contributed by atoms with Gasteiger partial charge in [0.2, 0.25) is 0 Å². The lowest BCUT2D eigenvalue weighted by atomic mass is 10.2. The van der Waals surface area contributed by atoms with Crippen LogP contribution in [0.2, 0.25) is 5.02 Å². The molecule has 0 saturated heterocycles. The smallest absolute Gasteiger partial charge is 0.263 e. The number of nitrogens with two attached hydrogens (primary N) is 1. The Bertz CT molecular complexity index is 827. The second kappa shape index (κ2) is 5.60. The number of anilines is 2. The molecule has 0 aliphatic heterocycles. The summed E-state index contributed by atoms with van der Waals surface area (Å²) in [6, 6.07) is 9.31. The zero-order valence-corrected chi connectivity index (χ0v) is 12.0. The van der Waals surface area contributed by atoms with E-state index in [4.69, 9.17) is 22.6 Å². The molecule has 0 spiro atoms. The van der Waals surface area contributed by atoms with E-state index in [0.29, 0.717) is 0 Å². The molecule has 0 radical (unpaired) electrons. The summed E-state index contributed by atoms with van der Waals surface area (Å²) < 4.78 is 40.3. The molecule has 5 nitrogen and oxygen atoms in total. The number of benzene rings is 2. The third kappa shape index (κ3) is 2.91. The van der Waals surface area contributed by atoms with Gasteiger partial charge in [-0.25, -0.2) is 12.8 Å². The van der Waals surface area contributed by atoms with Crippen LogP contribution in [0.4, 0.5) is 15.8 Å². The molecule has 2 aromatic carbocycles. The summed E-state index contributed by atoms with van der Waals surface area (Å²) in [5.41, 5.74) is 5.17. The summed E-state index contributed by atoms with van der Waals surface area (Å²) in [6.07, 6.45) is 0. The minimum absolute atomic E-state index is 0.0210. The molecule has 8 heteroatoms. The van der Waals surface area contributed by atoms with Gasteiger partial charge in [0.1, 0.15) is 22.3 Å². The Balaban J connectivity index is 2.55. The predicted molar refractivity (Wildman–Crippen MR) is 77.8 cm³/mol. The van der Waals surface area contributed by atoms with Crippen LogP contribution in [0.15, 0.2) is 41.3 Å². The molecule has 0 aliphatic rings. The summed E-state index contributed by atoms with van der Waals surface area (Å²) in [4.78, 5) is -0.482. The van der Waals surface area contributed by atoms with Crippen LogP contribution in [0.1, 0.15) is 5.56 Å². The third-order valence-electron chi connectivity index (χ3n) is 2.66. The van der Waals surface area contributed by atoms with Gasteiger partial charge in [-0.2, -0.15) is 5.26 Å². The number of halogens is 2. The van der Waals surface area contributed by atoms with Crippen LogP contribution < -0.4 is 10.5 Å². The van der Waals surface area contributed by atoms with Crippen LogP contribution in [-0.4, -0.2) is 8.42 Å². The number of rotatable bonds is 3. The van der Waals surface area contributed by atoms with E-state index in [1.165, 1.54) is 24.3 Å². The quantitative estimate of drug-likeness (QED) is 0.848. The van der Waals surface area contributed by atoms with Crippen molar-refractivity contribution >= 4 is 33.0 Å². The van der Waals surface area contributed by atoms with E-state index in [0.717, 1.165) is 12.1 Å². The van der Waals surface area contributed by atoms with Crippen molar-refractivity contribution in [1.29, 1.82) is 5.26 Å². The van der Waals surface area contributed by atoms with Gasteiger partial charge in [0.05, 0.1) is 16.4 Å². The largest absolute Gasteiger partial charge is 0.397 e. The van der Waals surface area contributed by atoms with Crippen LogP contribution in [0.25, 0.3) is 0 Å². The molecule has 108 valence electrons. The molecule has 0 atom stereocenters. The Morgan fingerprint density at radius 2 is 1.90 bits per heavy atom. The highest BCUT2D eigenvalue weighted by Gasteiger charge is 2.23. The first-order valence-electron chi connectivity index (χ1n) is 5.62. The first-order valence-corrected chi connectivity index (χ1v) is 7.48. The normalized spacial score (nSPS) is 10.9. The fraction of sp³-hybridized carbons (Fsp3) is 0. The maximum absolute atomic E-state index is 13.5. The molecular weight excluding hydrogens is 317 g/mol. The van der Waals surface area contributed by atoms with E-state index >= 15 is 0 Å². The van der Waals surface area contributed by atoms with Gasteiger partial charge < -0.3 is 5.73 Å². The lowest BCUT2D eigenvalue weighted by Gasteiger charge is -2.12. The molecular formula is C13H9ClFN3O2S. The number of sulfonamides is 1. The molecule has 2 rings (SSSR count). The summed E-state index contributed by atoms with van der Waals surface area (Å²) >= 11 is 5.88. The van der Waals surface area contributed by atoms with E-state index in [1.807, 2.05) is 0 Å². The van der Waals surface area contributed by atoms with Gasteiger partial charge in [0.25, 0.3) is 10.0 Å². The van der Waals surface area contributed by atoms with Crippen LogP contribution in [0, 0.1) is 17.1 Å². The van der Waals surface area contributed by atoms with E-state index in [1.54, 1.807) is 6.07 Å². The van der Waals surface area contributed by atoms with Crippen LogP contribution in [0.5, 0.6) is 0 Å². The van der Waals surface area contributed by atoms with Gasteiger partial charge in [0.15, 0.2) is 0 Å². The van der Waals surface area contributed by atoms with Crippen molar-refractivity contribution in [1.82, 2.24) is 0 Å². The monoisotopic (exact) mass is 325 g/mol. The summed E-state index contributed by atoms with van der Waals surface area (Å²) in [5.74, 6) is -0.924. The number of nitrogens with one attached hydrogen (secondary N) is 1. The van der Waals surface area contributed by atoms with Gasteiger partial charge in [0, 0.05) is 0 Å². The lowest BCUT2D eigenvalue weighted by Crippen LogP contribution is -2.16. The first-order chi connectivity index (χ1) is 9.86. The Hall–Kier alpha value is -2.30. The van der Waals surface area contributed by atoms with E-state index < -0.39 is 26.3 Å². The second-order valence-corrected chi connectivity index (χ2v) is 6.09. The fourth-order valence-corrected chi connectivity index (χ4v) is 3.24. The Morgan fingerprint density at radius 1 is 1.24 bits per heavy atom. The summed E-state index contributed by atoms with van der Waals surface area (Å²) in [5, 5.41) is 9.00. The molecule has 0 fully saturated rings. The number of para-hydroxylation sites is 1. The molecule has 0 saturated carbocycles. The highest BCUT2D eigenvalue weighted by molar-refractivity contribution is 7.92. The van der Waals surface area contributed by atoms with Crippen LogP contribution in [-0.2, 0) is 10.0 Å². The van der Waals surface area contributed by atoms with Crippen molar-refractivity contribution in [3.8, 4) is 6.07 Å². The summed E-state index contributed by atoms with van der Waals surface area (Å²) in [6.45, 7) is 0. The average molecular weight is 326 g/mol. The van der Waals surface area contributed by atoms with Crippen molar-refractivity contribution in [3.63, 3.8) is 0 Å². The fourth-order valence-electron chi connectivity index (χ4n) is 1.67. The maximum atomic E-state index is 13.5. The Labute approximate surface area is 125 Å². The third-order valence-corrected chi connectivity index (χ3v) is 4.37.